The Morgan fingerprint density at radius 3 is 2.27 bits per heavy atom. The molecule has 1 aliphatic heterocycles. The number of benzene rings is 1. The van der Waals surface area contributed by atoms with Crippen molar-refractivity contribution in [2.45, 2.75) is 83.7 Å². The normalized spacial score (nSPS) is 21.5. The minimum atomic E-state index is 0.116. The Labute approximate surface area is 181 Å². The van der Waals surface area contributed by atoms with Gasteiger partial charge in [-0.05, 0) is 49.7 Å². The van der Waals surface area contributed by atoms with E-state index in [0.29, 0.717) is 24.5 Å². The smallest absolute Gasteiger partial charge is 0.329 e. The van der Waals surface area contributed by atoms with E-state index in [0.717, 1.165) is 37.0 Å². The zero-order valence-corrected chi connectivity index (χ0v) is 18.8. The van der Waals surface area contributed by atoms with E-state index < -0.39 is 0 Å². The van der Waals surface area contributed by atoms with Crippen molar-refractivity contribution in [3.8, 4) is 0 Å². The van der Waals surface area contributed by atoms with Crippen molar-refractivity contribution in [1.29, 1.82) is 0 Å². The van der Waals surface area contributed by atoms with Gasteiger partial charge in [0.1, 0.15) is 0 Å². The lowest BCUT2D eigenvalue weighted by Crippen LogP contribution is -2.43. The predicted molar refractivity (Wildman–Crippen MR) is 125 cm³/mol. The number of hydrogen-bond donors (Lipinski definition) is 1. The second-order valence-electron chi connectivity index (χ2n) is 9.71. The van der Waals surface area contributed by atoms with E-state index in [4.69, 9.17) is 5.73 Å². The van der Waals surface area contributed by atoms with Gasteiger partial charge in [0, 0.05) is 38.8 Å². The van der Waals surface area contributed by atoms with Gasteiger partial charge in [-0.25, -0.2) is 4.79 Å². The van der Waals surface area contributed by atoms with Gasteiger partial charge in [0.05, 0.1) is 11.0 Å². The molecule has 2 aliphatic rings. The van der Waals surface area contributed by atoms with E-state index in [-0.39, 0.29) is 5.69 Å². The van der Waals surface area contributed by atoms with Crippen LogP contribution < -0.4 is 11.4 Å². The zero-order valence-electron chi connectivity index (χ0n) is 18.8. The summed E-state index contributed by atoms with van der Waals surface area (Å²) in [6.07, 6.45) is 13.3. The maximum absolute atomic E-state index is 13.2. The first kappa shape index (κ1) is 21.6. The van der Waals surface area contributed by atoms with Gasteiger partial charge < -0.3 is 10.6 Å². The molecule has 0 amide bonds. The van der Waals surface area contributed by atoms with Gasteiger partial charge in [-0.2, -0.15) is 0 Å². The summed E-state index contributed by atoms with van der Waals surface area (Å²) in [5, 5.41) is 0. The molecule has 1 aromatic heterocycles. The minimum absolute atomic E-state index is 0.116. The minimum Gasteiger partial charge on any atom is -0.329 e. The van der Waals surface area contributed by atoms with Gasteiger partial charge in [0.15, 0.2) is 0 Å². The topological polar surface area (TPSA) is 56.2 Å². The molecule has 1 aromatic carbocycles. The number of fused-ring (bicyclic) bond motifs is 1. The van der Waals surface area contributed by atoms with Crippen molar-refractivity contribution in [1.82, 2.24) is 14.0 Å². The Hall–Kier alpha value is -1.59. The SMILES string of the molecule is CCC1(CN2CCC(n3c(=O)n(CCN)c4ccccc43)CC2)CCCCCCC1. The number of para-hydroxylation sites is 2. The molecule has 30 heavy (non-hydrogen) atoms. The lowest BCUT2D eigenvalue weighted by atomic mass is 9.73. The summed E-state index contributed by atoms with van der Waals surface area (Å²) in [4.78, 5) is 15.9. The summed E-state index contributed by atoms with van der Waals surface area (Å²) in [5.41, 5.74) is 8.51. The fourth-order valence-electron chi connectivity index (χ4n) is 6.02. The van der Waals surface area contributed by atoms with Crippen molar-refractivity contribution in [3.63, 3.8) is 0 Å². The second kappa shape index (κ2) is 9.69. The van der Waals surface area contributed by atoms with Gasteiger partial charge in [-0.3, -0.25) is 9.13 Å². The number of aromatic nitrogens is 2. The summed E-state index contributed by atoms with van der Waals surface area (Å²) in [7, 11) is 0. The molecule has 2 aromatic rings. The third-order valence-electron chi connectivity index (χ3n) is 7.87. The number of nitrogens with zero attached hydrogens (tertiary/aromatic N) is 3. The zero-order chi connectivity index (χ0) is 21.0. The molecule has 4 rings (SSSR count). The van der Waals surface area contributed by atoms with Crippen LogP contribution in [0.5, 0.6) is 0 Å². The van der Waals surface area contributed by atoms with E-state index in [1.807, 2.05) is 16.7 Å². The van der Waals surface area contributed by atoms with E-state index in [9.17, 15) is 4.79 Å². The molecule has 0 spiro atoms. The molecule has 2 fully saturated rings. The van der Waals surface area contributed by atoms with Crippen molar-refractivity contribution in [2.75, 3.05) is 26.2 Å². The predicted octanol–water partition coefficient (Wildman–Crippen LogP) is 4.54. The molecule has 1 saturated heterocycles. The van der Waals surface area contributed by atoms with Crippen LogP contribution in [0.25, 0.3) is 11.0 Å². The Kier molecular flexibility index (Phi) is 6.99. The highest BCUT2D eigenvalue weighted by Gasteiger charge is 2.33. The number of rotatable bonds is 6. The first-order chi connectivity index (χ1) is 14.7. The van der Waals surface area contributed by atoms with Crippen LogP contribution in [0.3, 0.4) is 0 Å². The van der Waals surface area contributed by atoms with E-state index >= 15 is 0 Å². The first-order valence-electron chi connectivity index (χ1n) is 12.3. The number of imidazole rings is 1. The standard InChI is InChI=1S/C25H40N4O/c1-2-25(14-8-4-3-5-9-15-25)20-27-17-12-21(13-18-27)29-23-11-7-6-10-22(23)28(19-16-26)24(29)30/h6-7,10-11,21H,2-5,8-9,12-20,26H2,1H3. The quantitative estimate of drug-likeness (QED) is 0.758. The molecule has 1 aliphatic carbocycles. The molecule has 2 N–H and O–H groups in total. The highest BCUT2D eigenvalue weighted by molar-refractivity contribution is 5.76. The van der Waals surface area contributed by atoms with Crippen LogP contribution >= 0.6 is 0 Å². The maximum atomic E-state index is 13.2. The molecule has 5 heteroatoms. The molecule has 0 atom stereocenters. The summed E-state index contributed by atoms with van der Waals surface area (Å²) < 4.78 is 3.93. The van der Waals surface area contributed by atoms with Gasteiger partial charge in [0.25, 0.3) is 0 Å². The van der Waals surface area contributed by atoms with Crippen LogP contribution in [0.4, 0.5) is 0 Å². The maximum Gasteiger partial charge on any atom is 0.329 e. The average molecular weight is 413 g/mol. The fraction of sp³-hybridized carbons (Fsp3) is 0.720. The summed E-state index contributed by atoms with van der Waals surface area (Å²) in [6.45, 7) is 6.94. The van der Waals surface area contributed by atoms with Crippen molar-refractivity contribution in [2.24, 2.45) is 11.1 Å². The lowest BCUT2D eigenvalue weighted by molar-refractivity contribution is 0.0849. The highest BCUT2D eigenvalue weighted by Crippen LogP contribution is 2.39. The second-order valence-corrected chi connectivity index (χ2v) is 9.71. The Balaban J connectivity index is 1.47. The van der Waals surface area contributed by atoms with Crippen LogP contribution in [0.15, 0.2) is 29.1 Å². The third kappa shape index (κ3) is 4.38. The third-order valence-corrected chi connectivity index (χ3v) is 7.87. The Morgan fingerprint density at radius 2 is 1.63 bits per heavy atom. The number of likely N-dealkylation sites (tertiary alicyclic amines) is 1. The molecule has 166 valence electrons. The highest BCUT2D eigenvalue weighted by atomic mass is 16.1. The van der Waals surface area contributed by atoms with E-state index in [2.05, 4.69) is 28.5 Å². The van der Waals surface area contributed by atoms with Crippen LogP contribution in [0, 0.1) is 5.41 Å². The van der Waals surface area contributed by atoms with Gasteiger partial charge in [-0.15, -0.1) is 0 Å². The van der Waals surface area contributed by atoms with Crippen LogP contribution in [0.2, 0.25) is 0 Å². The summed E-state index contributed by atoms with van der Waals surface area (Å²) in [5.74, 6) is 0. The van der Waals surface area contributed by atoms with Gasteiger partial charge in [0.2, 0.25) is 0 Å². The van der Waals surface area contributed by atoms with Gasteiger partial charge in [-0.1, -0.05) is 51.2 Å². The molecule has 2 heterocycles. The molecular formula is C25H40N4O. The van der Waals surface area contributed by atoms with Crippen LogP contribution in [-0.2, 0) is 6.54 Å². The Morgan fingerprint density at radius 1 is 1.00 bits per heavy atom. The van der Waals surface area contributed by atoms with Crippen LogP contribution in [0.1, 0.15) is 77.2 Å². The lowest BCUT2D eigenvalue weighted by Gasteiger charge is -2.42. The van der Waals surface area contributed by atoms with E-state index in [1.54, 1.807) is 0 Å². The number of piperidine rings is 1. The van der Waals surface area contributed by atoms with Crippen LogP contribution in [-0.4, -0.2) is 40.2 Å². The molecule has 0 unspecified atom stereocenters. The number of hydrogen-bond acceptors (Lipinski definition) is 3. The van der Waals surface area contributed by atoms with Crippen molar-refractivity contribution in [3.05, 3.63) is 34.7 Å². The van der Waals surface area contributed by atoms with Gasteiger partial charge >= 0.3 is 5.69 Å². The number of nitrogens with two attached hydrogens (primary N) is 1. The van der Waals surface area contributed by atoms with Crippen molar-refractivity contribution < 1.29 is 0 Å². The molecule has 1 saturated carbocycles. The first-order valence-corrected chi connectivity index (χ1v) is 12.3. The molecule has 0 bridgehead atoms. The monoisotopic (exact) mass is 412 g/mol. The average Bonchev–Trinajstić information content (AvgIpc) is 3.03. The Bertz CT molecular complexity index is 867. The molecule has 5 nitrogen and oxygen atoms in total. The summed E-state index contributed by atoms with van der Waals surface area (Å²) in [6, 6.07) is 8.50. The fourth-order valence-corrected chi connectivity index (χ4v) is 6.02. The molecular weight excluding hydrogens is 372 g/mol. The van der Waals surface area contributed by atoms with E-state index in [1.165, 1.54) is 57.9 Å². The largest absolute Gasteiger partial charge is 0.329 e. The summed E-state index contributed by atoms with van der Waals surface area (Å²) >= 11 is 0. The van der Waals surface area contributed by atoms with Crippen molar-refractivity contribution >= 4 is 11.0 Å². The molecule has 0 radical (unpaired) electrons.